The van der Waals surface area contributed by atoms with Gasteiger partial charge in [-0.2, -0.15) is 0 Å². The number of nitrogens with zero attached hydrogens (tertiary/aromatic N) is 1. The van der Waals surface area contributed by atoms with E-state index in [1.807, 2.05) is 0 Å². The third-order valence-electron chi connectivity index (χ3n) is 1.81. The van der Waals surface area contributed by atoms with Crippen LogP contribution in [0.4, 0.5) is 0 Å². The van der Waals surface area contributed by atoms with Crippen LogP contribution in [0.2, 0.25) is 0 Å². The fourth-order valence-corrected chi connectivity index (χ4v) is 1.80. The van der Waals surface area contributed by atoms with E-state index in [2.05, 4.69) is 9.72 Å². The lowest BCUT2D eigenvalue weighted by Gasteiger charge is -2.08. The van der Waals surface area contributed by atoms with E-state index in [1.165, 1.54) is 20.2 Å². The van der Waals surface area contributed by atoms with Crippen molar-refractivity contribution in [3.63, 3.8) is 0 Å². The normalized spacial score (nSPS) is 11.9. The molecular formula is C10H11NO4S. The summed E-state index contributed by atoms with van der Waals surface area (Å²) in [6.45, 7) is 1.53. The lowest BCUT2D eigenvalue weighted by molar-refractivity contribution is -0.136. The third-order valence-corrected chi connectivity index (χ3v) is 2.92. The largest absolute Gasteiger partial charge is 0.480 e. The molecule has 1 rings (SSSR count). The Morgan fingerprint density at radius 1 is 1.56 bits per heavy atom. The first-order valence-corrected chi connectivity index (χ1v) is 5.37. The monoisotopic (exact) mass is 241 g/mol. The zero-order valence-electron chi connectivity index (χ0n) is 8.84. The van der Waals surface area contributed by atoms with Gasteiger partial charge in [-0.3, -0.25) is 4.79 Å². The Bertz CT molecular complexity index is 408. The van der Waals surface area contributed by atoms with Gasteiger partial charge in [0, 0.05) is 6.20 Å². The Balaban J connectivity index is 2.95. The van der Waals surface area contributed by atoms with Crippen molar-refractivity contribution < 1.29 is 19.4 Å². The van der Waals surface area contributed by atoms with Crippen LogP contribution in [-0.2, 0) is 9.53 Å². The number of carbonyl (C=O) groups is 2. The number of hydrogen-bond donors (Lipinski definition) is 1. The van der Waals surface area contributed by atoms with Crippen molar-refractivity contribution >= 4 is 23.7 Å². The molecular weight excluding hydrogens is 230 g/mol. The van der Waals surface area contributed by atoms with Gasteiger partial charge < -0.3 is 9.84 Å². The quantitative estimate of drug-likeness (QED) is 0.634. The number of pyridine rings is 1. The molecule has 0 amide bonds. The molecule has 86 valence electrons. The first kappa shape index (κ1) is 12.5. The van der Waals surface area contributed by atoms with E-state index in [4.69, 9.17) is 5.11 Å². The van der Waals surface area contributed by atoms with Crippen LogP contribution in [0.1, 0.15) is 17.3 Å². The summed E-state index contributed by atoms with van der Waals surface area (Å²) in [7, 11) is 1.27. The summed E-state index contributed by atoms with van der Waals surface area (Å²) in [5.74, 6) is -1.47. The fourth-order valence-electron chi connectivity index (χ4n) is 0.968. The van der Waals surface area contributed by atoms with Crippen molar-refractivity contribution in [2.24, 2.45) is 0 Å². The Hall–Kier alpha value is -1.56. The highest BCUT2D eigenvalue weighted by molar-refractivity contribution is 8.00. The summed E-state index contributed by atoms with van der Waals surface area (Å²) in [5, 5.41) is 8.46. The Kier molecular flexibility index (Phi) is 4.30. The number of methoxy groups -OCH3 is 1. The Morgan fingerprint density at radius 2 is 2.25 bits per heavy atom. The topological polar surface area (TPSA) is 76.5 Å². The van der Waals surface area contributed by atoms with E-state index >= 15 is 0 Å². The first-order chi connectivity index (χ1) is 7.56. The molecule has 1 aromatic heterocycles. The summed E-state index contributed by atoms with van der Waals surface area (Å²) in [6, 6.07) is 3.15. The van der Waals surface area contributed by atoms with Gasteiger partial charge in [-0.05, 0) is 19.1 Å². The number of carboxylic acids is 1. The number of aromatic nitrogens is 1. The zero-order valence-corrected chi connectivity index (χ0v) is 9.65. The lowest BCUT2D eigenvalue weighted by atomic mass is 10.3. The Morgan fingerprint density at radius 3 is 2.81 bits per heavy atom. The number of ether oxygens (including phenoxy) is 1. The maximum Gasteiger partial charge on any atom is 0.340 e. The second-order valence-corrected chi connectivity index (χ2v) is 4.28. The number of carbonyl (C=O) groups excluding carboxylic acids is 1. The average molecular weight is 241 g/mol. The van der Waals surface area contributed by atoms with Gasteiger partial charge in [-0.15, -0.1) is 0 Å². The van der Waals surface area contributed by atoms with Gasteiger partial charge in [0.25, 0.3) is 0 Å². The third kappa shape index (κ3) is 2.96. The number of rotatable bonds is 4. The van der Waals surface area contributed by atoms with E-state index in [9.17, 15) is 9.59 Å². The van der Waals surface area contributed by atoms with Crippen molar-refractivity contribution in [2.45, 2.75) is 17.2 Å². The minimum Gasteiger partial charge on any atom is -0.480 e. The molecule has 16 heavy (non-hydrogen) atoms. The molecule has 6 heteroatoms. The van der Waals surface area contributed by atoms with Crippen molar-refractivity contribution in [3.05, 3.63) is 23.9 Å². The highest BCUT2D eigenvalue weighted by Crippen LogP contribution is 2.25. The molecule has 0 aliphatic carbocycles. The maximum atomic E-state index is 11.4. The molecule has 0 aliphatic rings. The lowest BCUT2D eigenvalue weighted by Crippen LogP contribution is -2.13. The molecule has 5 nitrogen and oxygen atoms in total. The molecule has 0 saturated heterocycles. The standard InChI is InChI=1S/C10H11NO4S/c1-6(9(12)13)16-8-7(10(14)15-2)4-3-5-11-8/h3-6H,1-2H3,(H,12,13). The average Bonchev–Trinajstić information content (AvgIpc) is 2.28. The number of aliphatic carboxylic acids is 1. The summed E-state index contributed by atoms with van der Waals surface area (Å²) in [6.07, 6.45) is 1.50. The van der Waals surface area contributed by atoms with Crippen molar-refractivity contribution in [1.82, 2.24) is 4.98 Å². The second-order valence-electron chi connectivity index (χ2n) is 2.95. The van der Waals surface area contributed by atoms with Crippen LogP contribution >= 0.6 is 11.8 Å². The van der Waals surface area contributed by atoms with Crippen LogP contribution in [0.25, 0.3) is 0 Å². The van der Waals surface area contributed by atoms with Crippen LogP contribution in [0, 0.1) is 0 Å². The predicted molar refractivity (Wildman–Crippen MR) is 58.5 cm³/mol. The molecule has 0 aliphatic heterocycles. The molecule has 0 spiro atoms. The van der Waals surface area contributed by atoms with Crippen molar-refractivity contribution in [2.75, 3.05) is 7.11 Å². The predicted octanol–water partition coefficient (Wildman–Crippen LogP) is 1.43. The number of thioether (sulfide) groups is 1. The minimum absolute atomic E-state index is 0.281. The molecule has 0 bridgehead atoms. The molecule has 0 radical (unpaired) electrons. The van der Waals surface area contributed by atoms with E-state index in [1.54, 1.807) is 12.1 Å². The van der Waals surface area contributed by atoms with Crippen molar-refractivity contribution in [1.29, 1.82) is 0 Å². The maximum absolute atomic E-state index is 11.4. The highest BCUT2D eigenvalue weighted by Gasteiger charge is 2.19. The minimum atomic E-state index is -0.952. The smallest absolute Gasteiger partial charge is 0.340 e. The second kappa shape index (κ2) is 5.50. The molecule has 0 aromatic carbocycles. The van der Waals surface area contributed by atoms with Gasteiger partial charge in [0.15, 0.2) is 0 Å². The molecule has 1 unspecified atom stereocenters. The van der Waals surface area contributed by atoms with Crippen LogP contribution in [0.3, 0.4) is 0 Å². The van der Waals surface area contributed by atoms with Crippen LogP contribution in [0.15, 0.2) is 23.4 Å². The zero-order chi connectivity index (χ0) is 12.1. The summed E-state index contributed by atoms with van der Waals surface area (Å²) in [5.41, 5.74) is 0.281. The molecule has 1 heterocycles. The summed E-state index contributed by atoms with van der Waals surface area (Å²) < 4.78 is 4.58. The molecule has 1 atom stereocenters. The van der Waals surface area contributed by atoms with E-state index < -0.39 is 17.2 Å². The van der Waals surface area contributed by atoms with Gasteiger partial charge in [-0.25, -0.2) is 9.78 Å². The first-order valence-electron chi connectivity index (χ1n) is 4.49. The van der Waals surface area contributed by atoms with Crippen LogP contribution < -0.4 is 0 Å². The number of esters is 1. The number of hydrogen-bond acceptors (Lipinski definition) is 5. The van der Waals surface area contributed by atoms with Crippen LogP contribution in [0.5, 0.6) is 0 Å². The highest BCUT2D eigenvalue weighted by atomic mass is 32.2. The molecule has 0 saturated carbocycles. The fraction of sp³-hybridized carbons (Fsp3) is 0.300. The van der Waals surface area contributed by atoms with Crippen LogP contribution in [-0.4, -0.2) is 34.4 Å². The summed E-state index contributed by atoms with van der Waals surface area (Å²) in [4.78, 5) is 26.0. The molecule has 1 N–H and O–H groups in total. The molecule has 0 fully saturated rings. The van der Waals surface area contributed by atoms with Gasteiger partial charge in [0.05, 0.1) is 12.7 Å². The van der Waals surface area contributed by atoms with E-state index in [0.29, 0.717) is 5.03 Å². The van der Waals surface area contributed by atoms with Gasteiger partial charge >= 0.3 is 11.9 Å². The van der Waals surface area contributed by atoms with Gasteiger partial charge in [0.1, 0.15) is 10.3 Å². The molecule has 1 aromatic rings. The van der Waals surface area contributed by atoms with E-state index in [0.717, 1.165) is 11.8 Å². The van der Waals surface area contributed by atoms with Gasteiger partial charge in [-0.1, -0.05) is 11.8 Å². The number of carboxylic acid groups (broad SMARTS) is 1. The van der Waals surface area contributed by atoms with Crippen molar-refractivity contribution in [3.8, 4) is 0 Å². The summed E-state index contributed by atoms with van der Waals surface area (Å²) >= 11 is 1.01. The van der Waals surface area contributed by atoms with E-state index in [-0.39, 0.29) is 5.56 Å². The SMILES string of the molecule is COC(=O)c1cccnc1SC(C)C(=O)O. The van der Waals surface area contributed by atoms with Gasteiger partial charge in [0.2, 0.25) is 0 Å². The Labute approximate surface area is 96.8 Å².